The molecule has 0 unspecified atom stereocenters. The van der Waals surface area contributed by atoms with Crippen LogP contribution in [0.2, 0.25) is 0 Å². The third-order valence-electron chi connectivity index (χ3n) is 10.8. The van der Waals surface area contributed by atoms with Crippen molar-refractivity contribution in [2.75, 3.05) is 4.90 Å². The maximum atomic E-state index is 2.44. The van der Waals surface area contributed by atoms with Gasteiger partial charge < -0.3 is 4.90 Å². The molecular formula is C46H37N. The van der Waals surface area contributed by atoms with Gasteiger partial charge in [-0.3, -0.25) is 0 Å². The molecule has 2 aliphatic carbocycles. The molecule has 0 N–H and O–H groups in total. The van der Waals surface area contributed by atoms with Gasteiger partial charge in [0.2, 0.25) is 0 Å². The summed E-state index contributed by atoms with van der Waals surface area (Å²) in [7, 11) is 0. The fourth-order valence-corrected chi connectivity index (χ4v) is 8.30. The standard InChI is InChI=1S/C46H37N/c1-45(2)41-16-10-9-15-38(41)40-29-36(24-25-43(40)45)47(34-21-18-31(19-22-34)30-12-6-5-7-13-30)35-23-20-32-27-39-37-14-8-11-17-42(37)46(3,4)44(39)28-33(32)26-35/h5-29H,1-4H3. The summed E-state index contributed by atoms with van der Waals surface area (Å²) in [4.78, 5) is 2.43. The molecule has 7 aromatic rings. The van der Waals surface area contributed by atoms with E-state index >= 15 is 0 Å². The molecule has 0 spiro atoms. The fourth-order valence-electron chi connectivity index (χ4n) is 8.30. The molecule has 0 heterocycles. The third kappa shape index (κ3) is 4.16. The van der Waals surface area contributed by atoms with Crippen molar-refractivity contribution in [3.05, 3.63) is 174 Å². The van der Waals surface area contributed by atoms with Crippen molar-refractivity contribution in [3.8, 4) is 33.4 Å². The molecule has 0 amide bonds. The maximum absolute atomic E-state index is 2.44. The van der Waals surface area contributed by atoms with Gasteiger partial charge in [-0.05, 0) is 115 Å². The summed E-state index contributed by atoms with van der Waals surface area (Å²) < 4.78 is 0. The molecular weight excluding hydrogens is 567 g/mol. The molecule has 0 saturated heterocycles. The maximum Gasteiger partial charge on any atom is 0.0468 e. The van der Waals surface area contributed by atoms with E-state index in [1.165, 1.54) is 66.4 Å². The SMILES string of the molecule is CC1(C)c2ccccc2-c2cc(N(c3ccc(-c4ccccc4)cc3)c3ccc4cc5c(cc4c3)C(C)(C)c3ccccc3-5)ccc21. The highest BCUT2D eigenvalue weighted by molar-refractivity contribution is 5.96. The zero-order chi connectivity index (χ0) is 31.9. The molecule has 0 atom stereocenters. The molecule has 9 rings (SSSR count). The van der Waals surface area contributed by atoms with Gasteiger partial charge in [-0.25, -0.2) is 0 Å². The second-order valence-corrected chi connectivity index (χ2v) is 14.2. The minimum absolute atomic E-state index is 0.0275. The Morgan fingerprint density at radius 3 is 1.55 bits per heavy atom. The predicted octanol–water partition coefficient (Wildman–Crippen LogP) is 12.6. The molecule has 2 aliphatic rings. The highest BCUT2D eigenvalue weighted by Crippen LogP contribution is 2.52. The fraction of sp³-hybridized carbons (Fsp3) is 0.130. The van der Waals surface area contributed by atoms with E-state index in [1.54, 1.807) is 0 Å². The molecule has 0 fully saturated rings. The minimum atomic E-state index is -0.0384. The molecule has 0 aliphatic heterocycles. The second-order valence-electron chi connectivity index (χ2n) is 14.2. The lowest BCUT2D eigenvalue weighted by Gasteiger charge is -2.28. The number of hydrogen-bond acceptors (Lipinski definition) is 1. The summed E-state index contributed by atoms with van der Waals surface area (Å²) in [6, 6.07) is 56.3. The monoisotopic (exact) mass is 603 g/mol. The zero-order valence-corrected chi connectivity index (χ0v) is 27.4. The molecule has 226 valence electrons. The number of fused-ring (bicyclic) bond motifs is 7. The van der Waals surface area contributed by atoms with Crippen molar-refractivity contribution < 1.29 is 0 Å². The Hall–Kier alpha value is -5.40. The van der Waals surface area contributed by atoms with Gasteiger partial charge >= 0.3 is 0 Å². The van der Waals surface area contributed by atoms with E-state index in [2.05, 4.69) is 184 Å². The van der Waals surface area contributed by atoms with Crippen LogP contribution in [0.3, 0.4) is 0 Å². The molecule has 0 radical (unpaired) electrons. The van der Waals surface area contributed by atoms with Crippen molar-refractivity contribution in [2.24, 2.45) is 0 Å². The molecule has 47 heavy (non-hydrogen) atoms. The van der Waals surface area contributed by atoms with Crippen LogP contribution in [0.15, 0.2) is 152 Å². The van der Waals surface area contributed by atoms with Gasteiger partial charge in [-0.15, -0.1) is 0 Å². The van der Waals surface area contributed by atoms with E-state index in [4.69, 9.17) is 0 Å². The minimum Gasteiger partial charge on any atom is -0.310 e. The van der Waals surface area contributed by atoms with Crippen LogP contribution in [0.1, 0.15) is 49.9 Å². The van der Waals surface area contributed by atoms with E-state index in [0.29, 0.717) is 0 Å². The summed E-state index contributed by atoms with van der Waals surface area (Å²) >= 11 is 0. The third-order valence-corrected chi connectivity index (χ3v) is 10.8. The Bertz CT molecular complexity index is 2340. The molecule has 1 heteroatoms. The largest absolute Gasteiger partial charge is 0.310 e. The number of rotatable bonds is 4. The first-order chi connectivity index (χ1) is 22.8. The van der Waals surface area contributed by atoms with Crippen LogP contribution in [0.4, 0.5) is 17.1 Å². The van der Waals surface area contributed by atoms with Crippen molar-refractivity contribution in [3.63, 3.8) is 0 Å². The summed E-state index contributed by atoms with van der Waals surface area (Å²) in [5.74, 6) is 0. The van der Waals surface area contributed by atoms with Crippen LogP contribution in [-0.4, -0.2) is 0 Å². The van der Waals surface area contributed by atoms with Crippen LogP contribution in [0.25, 0.3) is 44.2 Å². The Balaban J connectivity index is 1.22. The Morgan fingerprint density at radius 2 is 0.851 bits per heavy atom. The van der Waals surface area contributed by atoms with E-state index < -0.39 is 0 Å². The summed E-state index contributed by atoms with van der Waals surface area (Å²) in [5, 5.41) is 2.53. The smallest absolute Gasteiger partial charge is 0.0468 e. The predicted molar refractivity (Wildman–Crippen MR) is 199 cm³/mol. The van der Waals surface area contributed by atoms with Crippen molar-refractivity contribution in [1.82, 2.24) is 0 Å². The van der Waals surface area contributed by atoms with E-state index in [1.807, 2.05) is 0 Å². The van der Waals surface area contributed by atoms with Crippen LogP contribution in [0.5, 0.6) is 0 Å². The average Bonchev–Trinajstić information content (AvgIpc) is 3.47. The lowest BCUT2D eigenvalue weighted by Crippen LogP contribution is -2.15. The van der Waals surface area contributed by atoms with Crippen LogP contribution >= 0.6 is 0 Å². The first-order valence-corrected chi connectivity index (χ1v) is 16.7. The van der Waals surface area contributed by atoms with Gasteiger partial charge in [0.25, 0.3) is 0 Å². The summed E-state index contributed by atoms with van der Waals surface area (Å²) in [5.41, 5.74) is 16.8. The number of hydrogen-bond donors (Lipinski definition) is 0. The first-order valence-electron chi connectivity index (χ1n) is 16.7. The Morgan fingerprint density at radius 1 is 0.340 bits per heavy atom. The van der Waals surface area contributed by atoms with Gasteiger partial charge in [0.05, 0.1) is 0 Å². The van der Waals surface area contributed by atoms with Crippen LogP contribution in [0, 0.1) is 0 Å². The Kier molecular flexibility index (Phi) is 5.96. The van der Waals surface area contributed by atoms with Crippen LogP contribution < -0.4 is 4.90 Å². The van der Waals surface area contributed by atoms with Crippen molar-refractivity contribution in [2.45, 2.75) is 38.5 Å². The summed E-state index contributed by atoms with van der Waals surface area (Å²) in [6.07, 6.45) is 0. The average molecular weight is 604 g/mol. The topological polar surface area (TPSA) is 3.24 Å². The number of benzene rings is 7. The zero-order valence-electron chi connectivity index (χ0n) is 27.4. The lowest BCUT2D eigenvalue weighted by molar-refractivity contribution is 0.660. The van der Waals surface area contributed by atoms with Gasteiger partial charge in [0.1, 0.15) is 0 Å². The highest BCUT2D eigenvalue weighted by Gasteiger charge is 2.36. The van der Waals surface area contributed by atoms with E-state index in [0.717, 1.165) is 17.1 Å². The van der Waals surface area contributed by atoms with Gasteiger partial charge in [-0.2, -0.15) is 0 Å². The number of nitrogens with zero attached hydrogens (tertiary/aromatic N) is 1. The van der Waals surface area contributed by atoms with Crippen molar-refractivity contribution >= 4 is 27.8 Å². The Labute approximate surface area is 277 Å². The number of anilines is 3. The van der Waals surface area contributed by atoms with Gasteiger partial charge in [-0.1, -0.05) is 131 Å². The molecule has 1 nitrogen and oxygen atoms in total. The lowest BCUT2D eigenvalue weighted by atomic mass is 9.82. The van der Waals surface area contributed by atoms with Crippen LogP contribution in [-0.2, 0) is 10.8 Å². The van der Waals surface area contributed by atoms with E-state index in [-0.39, 0.29) is 10.8 Å². The highest BCUT2D eigenvalue weighted by atomic mass is 15.1. The first kappa shape index (κ1) is 27.9. The molecule has 0 bridgehead atoms. The molecule has 7 aromatic carbocycles. The van der Waals surface area contributed by atoms with Gasteiger partial charge in [0, 0.05) is 27.9 Å². The summed E-state index contributed by atoms with van der Waals surface area (Å²) in [6.45, 7) is 9.41. The van der Waals surface area contributed by atoms with E-state index in [9.17, 15) is 0 Å². The quantitative estimate of drug-likeness (QED) is 0.193. The van der Waals surface area contributed by atoms with Crippen molar-refractivity contribution in [1.29, 1.82) is 0 Å². The normalized spacial score (nSPS) is 14.7. The molecule has 0 aromatic heterocycles. The van der Waals surface area contributed by atoms with Gasteiger partial charge in [0.15, 0.2) is 0 Å². The molecule has 0 saturated carbocycles. The second kappa shape index (κ2) is 10.0.